The lowest BCUT2D eigenvalue weighted by molar-refractivity contribution is -0.119. The van der Waals surface area contributed by atoms with Crippen molar-refractivity contribution in [1.82, 2.24) is 0 Å². The van der Waals surface area contributed by atoms with Crippen LogP contribution in [0.4, 0.5) is 0 Å². The van der Waals surface area contributed by atoms with Gasteiger partial charge in [-0.3, -0.25) is 4.79 Å². The molecule has 0 aromatic heterocycles. The molecule has 0 bridgehead atoms. The Morgan fingerprint density at radius 1 is 1.57 bits per heavy atom. The lowest BCUT2D eigenvalue weighted by Crippen LogP contribution is -2.07. The van der Waals surface area contributed by atoms with Crippen LogP contribution >= 0.6 is 0 Å². The summed E-state index contributed by atoms with van der Waals surface area (Å²) in [5.41, 5.74) is 1.14. The second-order valence-electron chi connectivity index (χ2n) is 3.29. The van der Waals surface area contributed by atoms with Gasteiger partial charge >= 0.3 is 0 Å². The van der Waals surface area contributed by atoms with Crippen LogP contribution in [0.25, 0.3) is 0 Å². The van der Waals surface area contributed by atoms with Crippen molar-refractivity contribution in [2.45, 2.75) is 33.6 Å². The Balaban J connectivity index is 0.00000169. The third-order valence-electron chi connectivity index (χ3n) is 2.47. The molecule has 1 saturated carbocycles. The maximum absolute atomic E-state index is 11.4. The van der Waals surface area contributed by atoms with Gasteiger partial charge in [0, 0.05) is 12.3 Å². The van der Waals surface area contributed by atoms with Crippen molar-refractivity contribution >= 4 is 5.78 Å². The second-order valence-corrected chi connectivity index (χ2v) is 3.29. The monoisotopic (exact) mass is 192 g/mol. The van der Waals surface area contributed by atoms with Gasteiger partial charge in [-0.05, 0) is 25.3 Å². The molecule has 0 saturated heterocycles. The minimum Gasteiger partial charge on any atom is -0.299 e. The SMILES string of the molecule is C.C=C/C=C\C(=C/C)C1CCCC1=O. The Morgan fingerprint density at radius 3 is 2.71 bits per heavy atom. The molecule has 1 atom stereocenters. The van der Waals surface area contributed by atoms with Crippen LogP contribution < -0.4 is 0 Å². The van der Waals surface area contributed by atoms with Gasteiger partial charge in [-0.1, -0.05) is 38.3 Å². The number of Topliss-reactive ketones (excluding diaryl/α,β-unsaturated/α-hetero) is 1. The molecule has 1 rings (SSSR count). The van der Waals surface area contributed by atoms with Crippen LogP contribution in [0.2, 0.25) is 0 Å². The molecule has 1 aliphatic rings. The quantitative estimate of drug-likeness (QED) is 0.623. The predicted octanol–water partition coefficient (Wildman–Crippen LogP) is 3.68. The summed E-state index contributed by atoms with van der Waals surface area (Å²) in [4.78, 5) is 11.4. The van der Waals surface area contributed by atoms with Crippen LogP contribution in [0.15, 0.2) is 36.5 Å². The summed E-state index contributed by atoms with van der Waals surface area (Å²) >= 11 is 0. The molecular weight excluding hydrogens is 172 g/mol. The van der Waals surface area contributed by atoms with Gasteiger partial charge in [-0.25, -0.2) is 0 Å². The summed E-state index contributed by atoms with van der Waals surface area (Å²) in [6.07, 6.45) is 10.4. The van der Waals surface area contributed by atoms with Crippen molar-refractivity contribution in [1.29, 1.82) is 0 Å². The van der Waals surface area contributed by atoms with E-state index in [1.165, 1.54) is 0 Å². The second kappa shape index (κ2) is 6.36. The Morgan fingerprint density at radius 2 is 2.29 bits per heavy atom. The van der Waals surface area contributed by atoms with Crippen LogP contribution in [0.5, 0.6) is 0 Å². The highest BCUT2D eigenvalue weighted by molar-refractivity contribution is 5.86. The van der Waals surface area contributed by atoms with E-state index in [2.05, 4.69) is 6.58 Å². The number of rotatable bonds is 3. The average Bonchev–Trinajstić information content (AvgIpc) is 2.54. The van der Waals surface area contributed by atoms with Crippen LogP contribution in [0.1, 0.15) is 33.6 Å². The van der Waals surface area contributed by atoms with Crippen molar-refractivity contribution in [2.75, 3.05) is 0 Å². The summed E-state index contributed by atoms with van der Waals surface area (Å²) < 4.78 is 0. The molecule has 1 fully saturated rings. The van der Waals surface area contributed by atoms with Gasteiger partial charge in [0.2, 0.25) is 0 Å². The lowest BCUT2D eigenvalue weighted by Gasteiger charge is -2.07. The third-order valence-corrected chi connectivity index (χ3v) is 2.47. The Hall–Kier alpha value is -1.11. The van der Waals surface area contributed by atoms with Gasteiger partial charge in [0.15, 0.2) is 0 Å². The van der Waals surface area contributed by atoms with Gasteiger partial charge in [-0.15, -0.1) is 0 Å². The summed E-state index contributed by atoms with van der Waals surface area (Å²) in [5, 5.41) is 0. The fraction of sp³-hybridized carbons (Fsp3) is 0.462. The Labute approximate surface area is 87.2 Å². The topological polar surface area (TPSA) is 17.1 Å². The highest BCUT2D eigenvalue weighted by Gasteiger charge is 2.25. The maximum atomic E-state index is 11.4. The smallest absolute Gasteiger partial charge is 0.140 e. The Kier molecular flexibility index (Phi) is 5.86. The minimum absolute atomic E-state index is 0. The molecule has 0 radical (unpaired) electrons. The molecular formula is C13H20O. The van der Waals surface area contributed by atoms with Crippen molar-refractivity contribution in [3.8, 4) is 0 Å². The largest absolute Gasteiger partial charge is 0.299 e. The molecule has 78 valence electrons. The normalized spacial score (nSPS) is 22.5. The van der Waals surface area contributed by atoms with Gasteiger partial charge < -0.3 is 0 Å². The molecule has 1 unspecified atom stereocenters. The first kappa shape index (κ1) is 12.9. The number of ketones is 1. The molecule has 0 aromatic rings. The molecule has 14 heavy (non-hydrogen) atoms. The zero-order valence-electron chi connectivity index (χ0n) is 8.12. The van der Waals surface area contributed by atoms with Crippen LogP contribution in [0.3, 0.4) is 0 Å². The molecule has 1 heteroatoms. The number of hydrogen-bond donors (Lipinski definition) is 0. The first-order valence-corrected chi connectivity index (χ1v) is 4.77. The Bertz CT molecular complexity index is 258. The van der Waals surface area contributed by atoms with E-state index in [9.17, 15) is 4.79 Å². The highest BCUT2D eigenvalue weighted by atomic mass is 16.1. The predicted molar refractivity (Wildman–Crippen MR) is 62.2 cm³/mol. The number of carbonyl (C=O) groups excluding carboxylic acids is 1. The van der Waals surface area contributed by atoms with Gasteiger partial charge in [0.25, 0.3) is 0 Å². The van der Waals surface area contributed by atoms with E-state index in [0.29, 0.717) is 5.78 Å². The van der Waals surface area contributed by atoms with E-state index in [1.54, 1.807) is 6.08 Å². The highest BCUT2D eigenvalue weighted by Crippen LogP contribution is 2.28. The fourth-order valence-corrected chi connectivity index (χ4v) is 1.76. The summed E-state index contributed by atoms with van der Waals surface area (Å²) in [7, 11) is 0. The number of hydrogen-bond acceptors (Lipinski definition) is 1. The molecule has 0 aromatic carbocycles. The van der Waals surface area contributed by atoms with Crippen LogP contribution in [-0.2, 0) is 4.79 Å². The molecule has 0 spiro atoms. The molecule has 0 aliphatic heterocycles. The molecule has 0 N–H and O–H groups in total. The van der Waals surface area contributed by atoms with E-state index in [1.807, 2.05) is 25.2 Å². The molecule has 1 nitrogen and oxygen atoms in total. The zero-order chi connectivity index (χ0) is 9.68. The minimum atomic E-state index is 0. The van der Waals surface area contributed by atoms with Crippen molar-refractivity contribution < 1.29 is 4.79 Å². The van der Waals surface area contributed by atoms with Crippen LogP contribution in [-0.4, -0.2) is 5.78 Å². The summed E-state index contributed by atoms with van der Waals surface area (Å²) in [6, 6.07) is 0. The van der Waals surface area contributed by atoms with Crippen molar-refractivity contribution in [3.05, 3.63) is 36.5 Å². The maximum Gasteiger partial charge on any atom is 0.140 e. The van der Waals surface area contributed by atoms with Gasteiger partial charge in [0.05, 0.1) is 0 Å². The van der Waals surface area contributed by atoms with E-state index in [4.69, 9.17) is 0 Å². The number of allylic oxidation sites excluding steroid dienone is 5. The first-order valence-electron chi connectivity index (χ1n) is 4.77. The van der Waals surface area contributed by atoms with Gasteiger partial charge in [0.1, 0.15) is 5.78 Å². The average molecular weight is 192 g/mol. The first-order chi connectivity index (χ1) is 6.29. The lowest BCUT2D eigenvalue weighted by atomic mass is 9.96. The summed E-state index contributed by atoms with van der Waals surface area (Å²) in [6.45, 7) is 5.59. The third kappa shape index (κ3) is 2.99. The van der Waals surface area contributed by atoms with E-state index in [-0.39, 0.29) is 13.3 Å². The fourth-order valence-electron chi connectivity index (χ4n) is 1.76. The zero-order valence-corrected chi connectivity index (χ0v) is 8.12. The van der Waals surface area contributed by atoms with Crippen molar-refractivity contribution in [2.24, 2.45) is 5.92 Å². The molecule has 1 aliphatic carbocycles. The van der Waals surface area contributed by atoms with Crippen LogP contribution in [0, 0.1) is 5.92 Å². The van der Waals surface area contributed by atoms with E-state index in [0.717, 1.165) is 24.8 Å². The van der Waals surface area contributed by atoms with Gasteiger partial charge in [-0.2, -0.15) is 0 Å². The number of carbonyl (C=O) groups is 1. The standard InChI is InChI=1S/C12H16O.CH4/c1-3-5-7-10(4-2)11-8-6-9-12(11)13;/h3-5,7,11H,1,6,8-9H2,2H3;1H4/b7-5-,10-4+;. The van der Waals surface area contributed by atoms with E-state index < -0.39 is 0 Å². The molecule has 0 heterocycles. The van der Waals surface area contributed by atoms with Crippen molar-refractivity contribution in [3.63, 3.8) is 0 Å². The molecule has 0 amide bonds. The summed E-state index contributed by atoms with van der Waals surface area (Å²) in [5.74, 6) is 0.544. The van der Waals surface area contributed by atoms with E-state index >= 15 is 0 Å².